The second kappa shape index (κ2) is 6.11. The number of aryl methyl sites for hydroxylation is 2. The average molecular weight is 224 g/mol. The van der Waals surface area contributed by atoms with E-state index >= 15 is 0 Å². The van der Waals surface area contributed by atoms with Crippen LogP contribution in [0.2, 0.25) is 0 Å². The third-order valence-corrected chi connectivity index (χ3v) is 3.12. The van der Waals surface area contributed by atoms with Gasteiger partial charge >= 0.3 is 0 Å². The van der Waals surface area contributed by atoms with E-state index in [-0.39, 0.29) is 0 Å². The van der Waals surface area contributed by atoms with Crippen molar-refractivity contribution in [2.45, 2.75) is 45.6 Å². The first-order chi connectivity index (χ1) is 7.11. The lowest BCUT2D eigenvalue weighted by Crippen LogP contribution is -1.97. The molecule has 0 fully saturated rings. The molecule has 1 aromatic rings. The number of rotatable bonds is 5. The first-order valence-electron chi connectivity index (χ1n) is 5.59. The quantitative estimate of drug-likeness (QED) is 0.565. The Kier molecular flexibility index (Phi) is 5.09. The fraction of sp³-hybridized carbons (Fsp3) is 0.667. The summed E-state index contributed by atoms with van der Waals surface area (Å²) in [7, 11) is 0. The average Bonchev–Trinajstić information content (AvgIpc) is 2.16. The maximum atomic E-state index is 4.43. The first-order valence-corrected chi connectivity index (χ1v) is 6.57. The van der Waals surface area contributed by atoms with Crippen LogP contribution in [0.3, 0.4) is 0 Å². The van der Waals surface area contributed by atoms with Crippen LogP contribution < -0.4 is 0 Å². The predicted molar refractivity (Wildman–Crippen MR) is 66.3 cm³/mol. The van der Waals surface area contributed by atoms with Gasteiger partial charge in [-0.15, -0.1) is 11.8 Å². The van der Waals surface area contributed by atoms with E-state index in [1.54, 1.807) is 0 Å². The number of thioether (sulfide) groups is 1. The number of hydrogen-bond acceptors (Lipinski definition) is 3. The molecule has 0 amide bonds. The molecule has 0 unspecified atom stereocenters. The molecule has 0 aliphatic carbocycles. The van der Waals surface area contributed by atoms with Gasteiger partial charge in [0.15, 0.2) is 0 Å². The smallest absolute Gasteiger partial charge is 0.126 e. The molecule has 0 bridgehead atoms. The highest BCUT2D eigenvalue weighted by molar-refractivity contribution is 7.99. The summed E-state index contributed by atoms with van der Waals surface area (Å²) in [6, 6.07) is 2.11. The zero-order valence-electron chi connectivity index (χ0n) is 10.1. The topological polar surface area (TPSA) is 25.8 Å². The summed E-state index contributed by atoms with van der Waals surface area (Å²) in [6.45, 7) is 8.60. The minimum atomic E-state index is 0.770. The van der Waals surface area contributed by atoms with Crippen LogP contribution >= 0.6 is 11.8 Å². The monoisotopic (exact) mass is 224 g/mol. The van der Waals surface area contributed by atoms with Crippen molar-refractivity contribution in [3.05, 3.63) is 17.6 Å². The van der Waals surface area contributed by atoms with E-state index in [0.717, 1.165) is 34.6 Å². The van der Waals surface area contributed by atoms with Crippen LogP contribution in [0.15, 0.2) is 11.1 Å². The Labute approximate surface area is 96.9 Å². The van der Waals surface area contributed by atoms with Crippen molar-refractivity contribution in [2.24, 2.45) is 5.92 Å². The normalized spacial score (nSPS) is 11.0. The molecule has 15 heavy (non-hydrogen) atoms. The highest BCUT2D eigenvalue weighted by Crippen LogP contribution is 2.19. The molecular formula is C12H20N2S. The summed E-state index contributed by atoms with van der Waals surface area (Å²) < 4.78 is 0. The SMILES string of the molecule is CCc1cc(SCCC(C)C)nc(C)n1. The van der Waals surface area contributed by atoms with E-state index in [9.17, 15) is 0 Å². The van der Waals surface area contributed by atoms with Crippen LogP contribution in [-0.2, 0) is 6.42 Å². The van der Waals surface area contributed by atoms with E-state index < -0.39 is 0 Å². The summed E-state index contributed by atoms with van der Waals surface area (Å²) in [6.07, 6.45) is 2.23. The second-order valence-corrected chi connectivity index (χ2v) is 5.24. The predicted octanol–water partition coefficient (Wildman–Crippen LogP) is 3.49. The number of nitrogens with zero attached hydrogens (tertiary/aromatic N) is 2. The Balaban J connectivity index is 2.56. The zero-order valence-corrected chi connectivity index (χ0v) is 10.9. The number of aromatic nitrogens is 2. The van der Waals surface area contributed by atoms with Crippen LogP contribution in [0.4, 0.5) is 0 Å². The van der Waals surface area contributed by atoms with Gasteiger partial charge in [-0.2, -0.15) is 0 Å². The minimum absolute atomic E-state index is 0.770. The Morgan fingerprint density at radius 1 is 1.33 bits per heavy atom. The third-order valence-electron chi connectivity index (χ3n) is 2.17. The maximum Gasteiger partial charge on any atom is 0.126 e. The molecule has 1 heterocycles. The summed E-state index contributed by atoms with van der Waals surface area (Å²) in [5, 5.41) is 1.13. The Bertz CT molecular complexity index is 310. The summed E-state index contributed by atoms with van der Waals surface area (Å²) in [4.78, 5) is 8.80. The van der Waals surface area contributed by atoms with E-state index in [1.807, 2.05) is 18.7 Å². The van der Waals surface area contributed by atoms with Crippen molar-refractivity contribution in [3.8, 4) is 0 Å². The van der Waals surface area contributed by atoms with Gasteiger partial charge in [-0.25, -0.2) is 9.97 Å². The molecule has 0 aliphatic heterocycles. The Morgan fingerprint density at radius 2 is 2.07 bits per heavy atom. The van der Waals surface area contributed by atoms with Gasteiger partial charge in [0.05, 0.1) is 5.03 Å². The van der Waals surface area contributed by atoms with Crippen molar-refractivity contribution in [1.29, 1.82) is 0 Å². The molecule has 0 radical (unpaired) electrons. The van der Waals surface area contributed by atoms with Gasteiger partial charge in [0.2, 0.25) is 0 Å². The Hall–Kier alpha value is -0.570. The van der Waals surface area contributed by atoms with E-state index in [2.05, 4.69) is 36.8 Å². The van der Waals surface area contributed by atoms with Crippen LogP contribution in [0.5, 0.6) is 0 Å². The van der Waals surface area contributed by atoms with Crippen LogP contribution in [0, 0.1) is 12.8 Å². The molecule has 0 N–H and O–H groups in total. The van der Waals surface area contributed by atoms with Crippen molar-refractivity contribution >= 4 is 11.8 Å². The lowest BCUT2D eigenvalue weighted by Gasteiger charge is -2.05. The zero-order chi connectivity index (χ0) is 11.3. The molecule has 84 valence electrons. The molecule has 0 spiro atoms. The van der Waals surface area contributed by atoms with Crippen LogP contribution in [-0.4, -0.2) is 15.7 Å². The number of hydrogen-bond donors (Lipinski definition) is 0. The van der Waals surface area contributed by atoms with Gasteiger partial charge in [-0.3, -0.25) is 0 Å². The van der Waals surface area contributed by atoms with Gasteiger partial charge < -0.3 is 0 Å². The molecule has 1 rings (SSSR count). The fourth-order valence-corrected chi connectivity index (χ4v) is 2.47. The van der Waals surface area contributed by atoms with Gasteiger partial charge in [0.1, 0.15) is 5.82 Å². The van der Waals surface area contributed by atoms with Gasteiger partial charge in [0, 0.05) is 5.69 Å². The van der Waals surface area contributed by atoms with Crippen molar-refractivity contribution in [1.82, 2.24) is 9.97 Å². The second-order valence-electron chi connectivity index (χ2n) is 4.13. The van der Waals surface area contributed by atoms with E-state index in [4.69, 9.17) is 0 Å². The largest absolute Gasteiger partial charge is 0.238 e. The van der Waals surface area contributed by atoms with Crippen LogP contribution in [0.1, 0.15) is 38.7 Å². The molecule has 0 aromatic carbocycles. The van der Waals surface area contributed by atoms with Crippen molar-refractivity contribution in [2.75, 3.05) is 5.75 Å². The van der Waals surface area contributed by atoms with Crippen molar-refractivity contribution in [3.63, 3.8) is 0 Å². The van der Waals surface area contributed by atoms with Crippen molar-refractivity contribution < 1.29 is 0 Å². The first kappa shape index (κ1) is 12.5. The lowest BCUT2D eigenvalue weighted by atomic mass is 10.2. The Morgan fingerprint density at radius 3 is 2.67 bits per heavy atom. The maximum absolute atomic E-state index is 4.43. The summed E-state index contributed by atoms with van der Waals surface area (Å²) in [5.41, 5.74) is 1.15. The van der Waals surface area contributed by atoms with Gasteiger partial charge in [-0.1, -0.05) is 20.8 Å². The molecule has 0 atom stereocenters. The van der Waals surface area contributed by atoms with Gasteiger partial charge in [-0.05, 0) is 37.5 Å². The lowest BCUT2D eigenvalue weighted by molar-refractivity contribution is 0.632. The van der Waals surface area contributed by atoms with Gasteiger partial charge in [0.25, 0.3) is 0 Å². The molecule has 0 saturated heterocycles. The highest BCUT2D eigenvalue weighted by Gasteiger charge is 2.02. The molecular weight excluding hydrogens is 204 g/mol. The minimum Gasteiger partial charge on any atom is -0.238 e. The molecule has 0 saturated carbocycles. The third kappa shape index (κ3) is 4.65. The molecule has 2 nitrogen and oxygen atoms in total. The molecule has 3 heteroatoms. The standard InChI is InChI=1S/C12H20N2S/c1-5-11-8-12(14-10(4)13-11)15-7-6-9(2)3/h8-9H,5-7H2,1-4H3. The molecule has 1 aromatic heterocycles. The molecule has 0 aliphatic rings. The van der Waals surface area contributed by atoms with E-state index in [0.29, 0.717) is 0 Å². The fourth-order valence-electron chi connectivity index (χ4n) is 1.25. The summed E-state index contributed by atoms with van der Waals surface area (Å²) in [5.74, 6) is 2.81. The summed E-state index contributed by atoms with van der Waals surface area (Å²) >= 11 is 1.84. The van der Waals surface area contributed by atoms with E-state index in [1.165, 1.54) is 6.42 Å². The van der Waals surface area contributed by atoms with Crippen LogP contribution in [0.25, 0.3) is 0 Å². The highest BCUT2D eigenvalue weighted by atomic mass is 32.2.